The van der Waals surface area contributed by atoms with E-state index in [4.69, 9.17) is 10.5 Å². The lowest BCUT2D eigenvalue weighted by atomic mass is 9.84. The predicted molar refractivity (Wildman–Crippen MR) is 109 cm³/mol. The zero-order chi connectivity index (χ0) is 20.1. The molecule has 0 aliphatic heterocycles. The average Bonchev–Trinajstić information content (AvgIpc) is 3.17. The summed E-state index contributed by atoms with van der Waals surface area (Å²) in [6.45, 7) is 1.49. The van der Waals surface area contributed by atoms with Gasteiger partial charge in [0.15, 0.2) is 6.10 Å². The lowest BCUT2D eigenvalue weighted by Gasteiger charge is -2.22. The average molecular weight is 401 g/mol. The van der Waals surface area contributed by atoms with Gasteiger partial charge in [0.05, 0.1) is 11.1 Å². The van der Waals surface area contributed by atoms with Gasteiger partial charge in [-0.1, -0.05) is 31.4 Å². The molecule has 6 nitrogen and oxygen atoms in total. The molecule has 0 unspecified atom stereocenters. The fraction of sp³-hybridized carbons (Fsp3) is 0.381. The summed E-state index contributed by atoms with van der Waals surface area (Å²) in [5.74, 6) is -1.13. The minimum absolute atomic E-state index is 0.232. The van der Waals surface area contributed by atoms with Gasteiger partial charge < -0.3 is 15.8 Å². The molecule has 1 aliphatic rings. The van der Waals surface area contributed by atoms with Crippen molar-refractivity contribution in [1.29, 1.82) is 0 Å². The van der Waals surface area contributed by atoms with Crippen molar-refractivity contribution in [2.24, 2.45) is 5.73 Å². The van der Waals surface area contributed by atoms with Crippen molar-refractivity contribution in [3.8, 4) is 0 Å². The van der Waals surface area contributed by atoms with E-state index >= 15 is 0 Å². The van der Waals surface area contributed by atoms with E-state index < -0.39 is 23.9 Å². The number of anilines is 1. The second-order valence-electron chi connectivity index (χ2n) is 7.02. The molecule has 1 atom stereocenters. The van der Waals surface area contributed by atoms with Crippen LogP contribution in [-0.4, -0.2) is 23.9 Å². The van der Waals surface area contributed by atoms with Crippen LogP contribution in [-0.2, 0) is 9.53 Å². The normalized spacial score (nSPS) is 15.6. The summed E-state index contributed by atoms with van der Waals surface area (Å²) in [5, 5.41) is 4.58. The van der Waals surface area contributed by atoms with E-state index in [1.54, 1.807) is 17.5 Å². The zero-order valence-electron chi connectivity index (χ0n) is 15.8. The molecule has 1 aliphatic carbocycles. The molecule has 2 amide bonds. The number of carbonyl (C=O) groups is 3. The van der Waals surface area contributed by atoms with Crippen LogP contribution in [0.2, 0.25) is 0 Å². The van der Waals surface area contributed by atoms with Crippen molar-refractivity contribution in [3.63, 3.8) is 0 Å². The van der Waals surface area contributed by atoms with Crippen molar-refractivity contribution >= 4 is 34.1 Å². The van der Waals surface area contributed by atoms with Crippen molar-refractivity contribution in [2.45, 2.75) is 51.0 Å². The van der Waals surface area contributed by atoms with E-state index in [2.05, 4.69) is 5.32 Å². The summed E-state index contributed by atoms with van der Waals surface area (Å²) in [5.41, 5.74) is 7.16. The Morgan fingerprint density at radius 2 is 1.79 bits per heavy atom. The molecule has 148 valence electrons. The Morgan fingerprint density at radius 1 is 1.11 bits per heavy atom. The molecule has 3 N–H and O–H groups in total. The highest BCUT2D eigenvalue weighted by atomic mass is 32.1. The zero-order valence-corrected chi connectivity index (χ0v) is 16.6. The Morgan fingerprint density at radius 3 is 2.43 bits per heavy atom. The van der Waals surface area contributed by atoms with E-state index in [0.717, 1.165) is 0 Å². The number of nitrogens with one attached hydrogen (secondary N) is 1. The summed E-state index contributed by atoms with van der Waals surface area (Å²) in [6.07, 6.45) is 5.18. The first-order valence-electron chi connectivity index (χ1n) is 9.45. The number of ether oxygens (including phenoxy) is 1. The molecule has 0 bridgehead atoms. The SMILES string of the molecule is C[C@H](OC(=O)c1ccc(C2CCCCC2)cc1)C(=O)Nc1sccc1C(N)=O. The van der Waals surface area contributed by atoms with E-state index in [0.29, 0.717) is 16.5 Å². The quantitative estimate of drug-likeness (QED) is 0.714. The van der Waals surface area contributed by atoms with Gasteiger partial charge in [0.1, 0.15) is 5.00 Å². The monoisotopic (exact) mass is 400 g/mol. The third-order valence-electron chi connectivity index (χ3n) is 5.04. The Kier molecular flexibility index (Phi) is 6.46. The molecule has 0 saturated heterocycles. The predicted octanol–water partition coefficient (Wildman–Crippen LogP) is 4.08. The molecule has 3 rings (SSSR count). The van der Waals surface area contributed by atoms with Crippen LogP contribution in [0.5, 0.6) is 0 Å². The second-order valence-corrected chi connectivity index (χ2v) is 7.94. The number of esters is 1. The molecule has 1 heterocycles. The molecule has 1 saturated carbocycles. The number of thiophene rings is 1. The summed E-state index contributed by atoms with van der Waals surface area (Å²) in [7, 11) is 0. The minimum atomic E-state index is -1.01. The molecule has 0 radical (unpaired) electrons. The largest absolute Gasteiger partial charge is 0.449 e. The maximum absolute atomic E-state index is 12.4. The van der Waals surface area contributed by atoms with Crippen molar-refractivity contribution in [1.82, 2.24) is 0 Å². The summed E-state index contributed by atoms with van der Waals surface area (Å²) in [6, 6.07) is 8.99. The number of primary amides is 1. The lowest BCUT2D eigenvalue weighted by molar-refractivity contribution is -0.123. The van der Waals surface area contributed by atoms with Gasteiger partial charge in [-0.2, -0.15) is 0 Å². The van der Waals surface area contributed by atoms with Crippen LogP contribution in [0, 0.1) is 0 Å². The number of nitrogens with two attached hydrogens (primary N) is 1. The lowest BCUT2D eigenvalue weighted by Crippen LogP contribution is -2.30. The topological polar surface area (TPSA) is 98.5 Å². The van der Waals surface area contributed by atoms with E-state index in [-0.39, 0.29) is 5.56 Å². The van der Waals surface area contributed by atoms with Gasteiger partial charge >= 0.3 is 5.97 Å². The van der Waals surface area contributed by atoms with Crippen LogP contribution in [0.15, 0.2) is 35.7 Å². The molecular weight excluding hydrogens is 376 g/mol. The van der Waals surface area contributed by atoms with Gasteiger partial charge in [-0.15, -0.1) is 11.3 Å². The number of amides is 2. The Hall–Kier alpha value is -2.67. The molecular formula is C21H24N2O4S. The van der Waals surface area contributed by atoms with Crippen LogP contribution in [0.3, 0.4) is 0 Å². The molecule has 1 aromatic heterocycles. The summed E-state index contributed by atoms with van der Waals surface area (Å²) >= 11 is 1.18. The second kappa shape index (κ2) is 9.01. The van der Waals surface area contributed by atoms with Crippen LogP contribution in [0.4, 0.5) is 5.00 Å². The van der Waals surface area contributed by atoms with Crippen LogP contribution >= 0.6 is 11.3 Å². The fourth-order valence-corrected chi connectivity index (χ4v) is 4.22. The minimum Gasteiger partial charge on any atom is -0.449 e. The number of benzene rings is 1. The van der Waals surface area contributed by atoms with Gasteiger partial charge in [-0.3, -0.25) is 9.59 Å². The van der Waals surface area contributed by atoms with E-state index in [9.17, 15) is 14.4 Å². The van der Waals surface area contributed by atoms with Crippen LogP contribution < -0.4 is 11.1 Å². The number of rotatable bonds is 6. The molecule has 28 heavy (non-hydrogen) atoms. The fourth-order valence-electron chi connectivity index (χ4n) is 3.42. The van der Waals surface area contributed by atoms with Gasteiger partial charge in [0.25, 0.3) is 11.8 Å². The van der Waals surface area contributed by atoms with Gasteiger partial charge in [0.2, 0.25) is 0 Å². The Balaban J connectivity index is 1.58. The molecule has 2 aromatic rings. The highest BCUT2D eigenvalue weighted by molar-refractivity contribution is 7.14. The Labute approximate surface area is 168 Å². The summed E-state index contributed by atoms with van der Waals surface area (Å²) < 4.78 is 5.27. The maximum Gasteiger partial charge on any atom is 0.338 e. The highest BCUT2D eigenvalue weighted by Crippen LogP contribution is 2.32. The van der Waals surface area contributed by atoms with Crippen molar-refractivity contribution in [2.75, 3.05) is 5.32 Å². The standard InChI is InChI=1S/C21H24N2O4S/c1-13(19(25)23-20-17(18(22)24)11-12-28-20)27-21(26)16-9-7-15(8-10-16)14-5-3-2-4-6-14/h7-14H,2-6H2,1H3,(H2,22,24)(H,23,25)/t13-/m0/s1. The van der Waals surface area contributed by atoms with Crippen molar-refractivity contribution in [3.05, 3.63) is 52.4 Å². The number of hydrogen-bond acceptors (Lipinski definition) is 5. The van der Waals surface area contributed by atoms with Crippen LogP contribution in [0.1, 0.15) is 71.2 Å². The first kappa shape index (κ1) is 20.1. The maximum atomic E-state index is 12.4. The van der Waals surface area contributed by atoms with Crippen molar-refractivity contribution < 1.29 is 19.1 Å². The third kappa shape index (κ3) is 4.78. The first-order chi connectivity index (χ1) is 13.5. The Bertz CT molecular complexity index is 854. The van der Waals surface area contributed by atoms with E-state index in [1.807, 2.05) is 12.1 Å². The molecule has 7 heteroatoms. The van der Waals surface area contributed by atoms with Gasteiger partial charge in [-0.05, 0) is 54.8 Å². The molecule has 1 fully saturated rings. The van der Waals surface area contributed by atoms with Gasteiger partial charge in [-0.25, -0.2) is 4.79 Å². The first-order valence-corrected chi connectivity index (χ1v) is 10.3. The molecule has 0 spiro atoms. The number of hydrogen-bond donors (Lipinski definition) is 2. The smallest absolute Gasteiger partial charge is 0.338 e. The molecule has 1 aromatic carbocycles. The summed E-state index contributed by atoms with van der Waals surface area (Å²) in [4.78, 5) is 36.0. The van der Waals surface area contributed by atoms with Gasteiger partial charge in [0, 0.05) is 0 Å². The van der Waals surface area contributed by atoms with E-state index in [1.165, 1.54) is 62.0 Å². The third-order valence-corrected chi connectivity index (χ3v) is 5.87. The van der Waals surface area contributed by atoms with Crippen LogP contribution in [0.25, 0.3) is 0 Å². The number of carbonyl (C=O) groups excluding carboxylic acids is 3. The highest BCUT2D eigenvalue weighted by Gasteiger charge is 2.22.